The molecule has 0 unspecified atom stereocenters. The summed E-state index contributed by atoms with van der Waals surface area (Å²) in [6.07, 6.45) is 0. The van der Waals surface area contributed by atoms with Crippen molar-refractivity contribution in [2.75, 3.05) is 5.73 Å². The predicted octanol–water partition coefficient (Wildman–Crippen LogP) is 4.97. The normalized spacial score (nSPS) is 11.1. The number of hydrogen-bond acceptors (Lipinski definition) is 3. The highest BCUT2D eigenvalue weighted by atomic mass is 35.5. The Bertz CT molecular complexity index is 939. The van der Waals surface area contributed by atoms with Crippen LogP contribution in [0.1, 0.15) is 0 Å². The van der Waals surface area contributed by atoms with Gasteiger partial charge in [0.15, 0.2) is 4.96 Å². The lowest BCUT2D eigenvalue weighted by Gasteiger charge is -2.03. The highest BCUT2D eigenvalue weighted by molar-refractivity contribution is 7.15. The molecule has 2 heterocycles. The molecule has 5 heteroatoms. The summed E-state index contributed by atoms with van der Waals surface area (Å²) < 4.78 is 2.00. The van der Waals surface area contributed by atoms with Gasteiger partial charge in [-0.1, -0.05) is 54.1 Å². The van der Waals surface area contributed by atoms with Crippen molar-refractivity contribution in [1.29, 1.82) is 0 Å². The standard InChI is InChI=1S/C17H12ClN3S/c18-13-8-6-11(7-9-13)14-10-22-17-20-15(16(19)21(14)17)12-4-2-1-3-5-12/h1-10H,19H2. The second-order valence-electron chi connectivity index (χ2n) is 4.96. The van der Waals surface area contributed by atoms with Gasteiger partial charge in [0.25, 0.3) is 0 Å². The van der Waals surface area contributed by atoms with E-state index in [4.69, 9.17) is 17.3 Å². The van der Waals surface area contributed by atoms with Crippen LogP contribution in [0.4, 0.5) is 5.82 Å². The Balaban J connectivity index is 1.92. The third-order valence-corrected chi connectivity index (χ3v) is 4.66. The zero-order valence-electron chi connectivity index (χ0n) is 11.5. The number of nitrogens with two attached hydrogens (primary N) is 1. The van der Waals surface area contributed by atoms with E-state index in [1.807, 2.05) is 59.0 Å². The molecule has 0 spiro atoms. The highest BCUT2D eigenvalue weighted by Gasteiger charge is 2.16. The highest BCUT2D eigenvalue weighted by Crippen LogP contribution is 2.34. The van der Waals surface area contributed by atoms with Crippen LogP contribution < -0.4 is 5.73 Å². The first-order valence-corrected chi connectivity index (χ1v) is 8.06. The van der Waals surface area contributed by atoms with E-state index in [2.05, 4.69) is 10.4 Å². The molecule has 4 aromatic rings. The van der Waals surface area contributed by atoms with Crippen molar-refractivity contribution in [3.8, 4) is 22.5 Å². The summed E-state index contributed by atoms with van der Waals surface area (Å²) in [5, 5.41) is 2.79. The van der Waals surface area contributed by atoms with Crippen LogP contribution in [0, 0.1) is 0 Å². The first kappa shape index (κ1) is 13.4. The van der Waals surface area contributed by atoms with Crippen LogP contribution in [-0.4, -0.2) is 9.38 Å². The number of imidazole rings is 1. The largest absolute Gasteiger partial charge is 0.383 e. The number of rotatable bonds is 2. The lowest BCUT2D eigenvalue weighted by Crippen LogP contribution is -1.95. The van der Waals surface area contributed by atoms with Gasteiger partial charge in [0.1, 0.15) is 11.5 Å². The molecule has 2 N–H and O–H groups in total. The van der Waals surface area contributed by atoms with E-state index >= 15 is 0 Å². The number of halogens is 1. The number of anilines is 1. The minimum absolute atomic E-state index is 0.660. The zero-order chi connectivity index (χ0) is 15.1. The van der Waals surface area contributed by atoms with E-state index in [9.17, 15) is 0 Å². The van der Waals surface area contributed by atoms with Crippen molar-refractivity contribution >= 4 is 33.7 Å². The summed E-state index contributed by atoms with van der Waals surface area (Å²) in [6, 6.07) is 17.7. The van der Waals surface area contributed by atoms with Crippen LogP contribution in [0.3, 0.4) is 0 Å². The number of nitrogen functional groups attached to an aromatic ring is 1. The van der Waals surface area contributed by atoms with Crippen molar-refractivity contribution in [2.24, 2.45) is 0 Å². The van der Waals surface area contributed by atoms with E-state index < -0.39 is 0 Å². The van der Waals surface area contributed by atoms with Gasteiger partial charge in [-0.15, -0.1) is 11.3 Å². The van der Waals surface area contributed by atoms with Gasteiger partial charge in [-0.25, -0.2) is 4.98 Å². The lowest BCUT2D eigenvalue weighted by molar-refractivity contribution is 1.24. The Morgan fingerprint density at radius 1 is 0.955 bits per heavy atom. The maximum absolute atomic E-state index is 6.36. The van der Waals surface area contributed by atoms with Gasteiger partial charge < -0.3 is 5.73 Å². The van der Waals surface area contributed by atoms with Crippen LogP contribution in [-0.2, 0) is 0 Å². The fourth-order valence-electron chi connectivity index (χ4n) is 2.51. The van der Waals surface area contributed by atoms with Gasteiger partial charge in [0.05, 0.1) is 5.69 Å². The molecule has 3 nitrogen and oxygen atoms in total. The van der Waals surface area contributed by atoms with Gasteiger partial charge in [-0.3, -0.25) is 4.40 Å². The Hall–Kier alpha value is -2.30. The molecule has 0 saturated heterocycles. The van der Waals surface area contributed by atoms with Crippen LogP contribution in [0.5, 0.6) is 0 Å². The number of thiazole rings is 1. The van der Waals surface area contributed by atoms with Gasteiger partial charge >= 0.3 is 0 Å². The van der Waals surface area contributed by atoms with Crippen LogP contribution in [0.15, 0.2) is 60.0 Å². The molecule has 2 aromatic carbocycles. The molecule has 0 aliphatic heterocycles. The molecule has 0 aliphatic carbocycles. The molecular formula is C17H12ClN3S. The number of aromatic nitrogens is 2. The summed E-state index contributed by atoms with van der Waals surface area (Å²) in [5.74, 6) is 0.660. The Morgan fingerprint density at radius 3 is 2.41 bits per heavy atom. The lowest BCUT2D eigenvalue weighted by atomic mass is 10.1. The first-order chi connectivity index (χ1) is 10.7. The quantitative estimate of drug-likeness (QED) is 0.565. The minimum Gasteiger partial charge on any atom is -0.383 e. The molecule has 4 rings (SSSR count). The van der Waals surface area contributed by atoms with E-state index in [1.54, 1.807) is 11.3 Å². The summed E-state index contributed by atoms with van der Waals surface area (Å²) in [4.78, 5) is 5.57. The number of hydrogen-bond donors (Lipinski definition) is 1. The van der Waals surface area contributed by atoms with Crippen molar-refractivity contribution < 1.29 is 0 Å². The second kappa shape index (κ2) is 5.16. The SMILES string of the molecule is Nc1c(-c2ccccc2)nc2scc(-c3ccc(Cl)cc3)n12. The smallest absolute Gasteiger partial charge is 0.196 e. The zero-order valence-corrected chi connectivity index (χ0v) is 13.1. The fraction of sp³-hybridized carbons (Fsp3) is 0. The summed E-state index contributed by atoms with van der Waals surface area (Å²) in [7, 11) is 0. The molecule has 0 atom stereocenters. The Labute approximate surface area is 136 Å². The van der Waals surface area contributed by atoms with E-state index in [-0.39, 0.29) is 0 Å². The van der Waals surface area contributed by atoms with E-state index in [0.717, 1.165) is 32.5 Å². The third kappa shape index (κ3) is 2.08. The van der Waals surface area contributed by atoms with Gasteiger partial charge in [-0.05, 0) is 17.7 Å². The molecule has 0 radical (unpaired) electrons. The molecule has 0 aliphatic rings. The molecular weight excluding hydrogens is 314 g/mol. The van der Waals surface area contributed by atoms with Crippen LogP contribution >= 0.6 is 22.9 Å². The van der Waals surface area contributed by atoms with Crippen molar-refractivity contribution in [3.05, 3.63) is 65.0 Å². The van der Waals surface area contributed by atoms with Crippen molar-refractivity contribution in [3.63, 3.8) is 0 Å². The summed E-state index contributed by atoms with van der Waals surface area (Å²) in [5.41, 5.74) is 10.3. The third-order valence-electron chi connectivity index (χ3n) is 3.59. The number of nitrogens with zero attached hydrogens (tertiary/aromatic N) is 2. The first-order valence-electron chi connectivity index (χ1n) is 6.81. The Kier molecular flexibility index (Phi) is 3.13. The fourth-order valence-corrected chi connectivity index (χ4v) is 3.54. The predicted molar refractivity (Wildman–Crippen MR) is 93.4 cm³/mol. The van der Waals surface area contributed by atoms with E-state index in [1.165, 1.54) is 0 Å². The molecule has 0 saturated carbocycles. The van der Waals surface area contributed by atoms with Gasteiger partial charge in [-0.2, -0.15) is 0 Å². The van der Waals surface area contributed by atoms with E-state index in [0.29, 0.717) is 5.82 Å². The van der Waals surface area contributed by atoms with Gasteiger partial charge in [0, 0.05) is 16.0 Å². The molecule has 0 amide bonds. The molecule has 22 heavy (non-hydrogen) atoms. The summed E-state index contributed by atoms with van der Waals surface area (Å²) >= 11 is 7.55. The molecule has 108 valence electrons. The topological polar surface area (TPSA) is 43.3 Å². The maximum Gasteiger partial charge on any atom is 0.196 e. The monoisotopic (exact) mass is 325 g/mol. The molecule has 2 aromatic heterocycles. The van der Waals surface area contributed by atoms with Crippen LogP contribution in [0.2, 0.25) is 5.02 Å². The number of fused-ring (bicyclic) bond motifs is 1. The average molecular weight is 326 g/mol. The van der Waals surface area contributed by atoms with Gasteiger partial charge in [0.2, 0.25) is 0 Å². The number of benzene rings is 2. The minimum atomic E-state index is 0.660. The second-order valence-corrected chi connectivity index (χ2v) is 6.23. The Morgan fingerprint density at radius 2 is 1.68 bits per heavy atom. The van der Waals surface area contributed by atoms with Crippen molar-refractivity contribution in [2.45, 2.75) is 0 Å². The summed E-state index contributed by atoms with van der Waals surface area (Å²) in [6.45, 7) is 0. The molecule has 0 fully saturated rings. The van der Waals surface area contributed by atoms with Crippen molar-refractivity contribution in [1.82, 2.24) is 9.38 Å². The van der Waals surface area contributed by atoms with Crippen LogP contribution in [0.25, 0.3) is 27.5 Å². The molecule has 0 bridgehead atoms. The maximum atomic E-state index is 6.36. The average Bonchev–Trinajstić information content (AvgIpc) is 3.10.